The third-order valence-electron chi connectivity index (χ3n) is 2.98. The Morgan fingerprint density at radius 3 is 2.15 bits per heavy atom. The molecule has 3 nitrogen and oxygen atoms in total. The van der Waals surface area contributed by atoms with Crippen molar-refractivity contribution in [2.24, 2.45) is 0 Å². The molecule has 0 atom stereocenters. The molecular weight excluding hydrogens is 276 g/mol. The molecule has 0 aliphatic rings. The van der Waals surface area contributed by atoms with Gasteiger partial charge in [0.25, 0.3) is 0 Å². The van der Waals surface area contributed by atoms with Gasteiger partial charge in [0.05, 0.1) is 19.1 Å². The van der Waals surface area contributed by atoms with E-state index in [2.05, 4.69) is 6.58 Å². The van der Waals surface area contributed by atoms with Crippen LogP contribution in [0.3, 0.4) is 0 Å². The van der Waals surface area contributed by atoms with Crippen molar-refractivity contribution in [1.29, 1.82) is 0 Å². The Morgan fingerprint density at radius 1 is 0.900 bits per heavy atom. The van der Waals surface area contributed by atoms with E-state index in [1.807, 2.05) is 6.08 Å². The van der Waals surface area contributed by atoms with Crippen LogP contribution in [0.1, 0.15) is 51.4 Å². The molecule has 0 aliphatic carbocycles. The third kappa shape index (κ3) is 15.7. The minimum atomic E-state index is -0.0836. The van der Waals surface area contributed by atoms with Crippen LogP contribution in [0.15, 0.2) is 12.7 Å². The van der Waals surface area contributed by atoms with Crippen LogP contribution in [0.4, 0.5) is 0 Å². The molecule has 0 rings (SSSR count). The Bertz CT molecular complexity index is 232. The van der Waals surface area contributed by atoms with Crippen LogP contribution in [-0.4, -0.2) is 38.1 Å². The molecule has 0 unspecified atom stereocenters. The van der Waals surface area contributed by atoms with Crippen molar-refractivity contribution in [2.75, 3.05) is 32.3 Å². The highest BCUT2D eigenvalue weighted by atomic mass is 35.5. The molecule has 118 valence electrons. The Morgan fingerprint density at radius 2 is 1.50 bits per heavy atom. The molecule has 0 spiro atoms. The molecule has 0 aromatic rings. The summed E-state index contributed by atoms with van der Waals surface area (Å²) in [7, 11) is 0. The smallest absolute Gasteiger partial charge is 0.173 e. The van der Waals surface area contributed by atoms with Crippen LogP contribution in [0.5, 0.6) is 0 Å². The van der Waals surface area contributed by atoms with Crippen molar-refractivity contribution in [1.82, 2.24) is 0 Å². The monoisotopic (exact) mass is 304 g/mol. The first kappa shape index (κ1) is 19.6. The number of alkyl halides is 1. The maximum absolute atomic E-state index is 10.8. The molecule has 0 saturated carbocycles. The van der Waals surface area contributed by atoms with Crippen molar-refractivity contribution < 1.29 is 14.3 Å². The van der Waals surface area contributed by atoms with Crippen molar-refractivity contribution in [2.45, 2.75) is 51.4 Å². The Kier molecular flexibility index (Phi) is 16.4. The average Bonchev–Trinajstić information content (AvgIpc) is 2.47. The van der Waals surface area contributed by atoms with Crippen molar-refractivity contribution in [3.63, 3.8) is 0 Å². The van der Waals surface area contributed by atoms with Gasteiger partial charge >= 0.3 is 0 Å². The molecular formula is C16H29ClO3. The van der Waals surface area contributed by atoms with Gasteiger partial charge in [0, 0.05) is 6.61 Å². The number of unbranched alkanes of at least 4 members (excludes halogenated alkanes) is 7. The number of halogens is 1. The van der Waals surface area contributed by atoms with E-state index >= 15 is 0 Å². The van der Waals surface area contributed by atoms with Crippen LogP contribution in [-0.2, 0) is 14.3 Å². The highest BCUT2D eigenvalue weighted by molar-refractivity contribution is 6.27. The second kappa shape index (κ2) is 16.7. The van der Waals surface area contributed by atoms with Gasteiger partial charge in [-0.2, -0.15) is 0 Å². The fourth-order valence-electron chi connectivity index (χ4n) is 1.82. The van der Waals surface area contributed by atoms with Gasteiger partial charge in [-0.1, -0.05) is 38.2 Å². The first-order valence-electron chi connectivity index (χ1n) is 7.65. The standard InChI is InChI=1S/C16H29ClO3/c1-2-3-4-5-6-7-8-9-10-11-19-12-13-20-15-16(18)14-17/h2H,1,3-15H2. The lowest BCUT2D eigenvalue weighted by atomic mass is 10.1. The number of rotatable bonds is 16. The van der Waals surface area contributed by atoms with Crippen molar-refractivity contribution in [3.05, 3.63) is 12.7 Å². The second-order valence-corrected chi connectivity index (χ2v) is 5.16. The molecule has 0 aromatic carbocycles. The largest absolute Gasteiger partial charge is 0.379 e. The van der Waals surface area contributed by atoms with E-state index in [0.717, 1.165) is 19.4 Å². The summed E-state index contributed by atoms with van der Waals surface area (Å²) in [5.41, 5.74) is 0. The number of hydrogen-bond acceptors (Lipinski definition) is 3. The zero-order valence-corrected chi connectivity index (χ0v) is 13.3. The molecule has 0 radical (unpaired) electrons. The van der Waals surface area contributed by atoms with E-state index in [4.69, 9.17) is 21.1 Å². The Balaban J connectivity index is 2.99. The number of hydrogen-bond donors (Lipinski definition) is 0. The minimum absolute atomic E-state index is 0.0223. The molecule has 0 amide bonds. The number of carbonyl (C=O) groups excluding carboxylic acids is 1. The maximum atomic E-state index is 10.8. The molecule has 0 heterocycles. The number of carbonyl (C=O) groups is 1. The summed E-state index contributed by atoms with van der Waals surface area (Å²) < 4.78 is 10.5. The zero-order valence-electron chi connectivity index (χ0n) is 12.6. The van der Waals surface area contributed by atoms with E-state index in [0.29, 0.717) is 13.2 Å². The lowest BCUT2D eigenvalue weighted by molar-refractivity contribution is -0.121. The predicted molar refractivity (Wildman–Crippen MR) is 84.5 cm³/mol. The van der Waals surface area contributed by atoms with Gasteiger partial charge in [-0.3, -0.25) is 4.79 Å². The van der Waals surface area contributed by atoms with Crippen LogP contribution >= 0.6 is 11.6 Å². The topological polar surface area (TPSA) is 35.5 Å². The van der Waals surface area contributed by atoms with Gasteiger partial charge in [0.15, 0.2) is 5.78 Å². The van der Waals surface area contributed by atoms with Crippen LogP contribution in [0, 0.1) is 0 Å². The molecule has 0 aromatic heterocycles. The first-order chi connectivity index (χ1) is 9.81. The van der Waals surface area contributed by atoms with E-state index in [1.165, 1.54) is 38.5 Å². The average molecular weight is 305 g/mol. The molecule has 0 bridgehead atoms. The Hall–Kier alpha value is -0.380. The lowest BCUT2D eigenvalue weighted by Gasteiger charge is -2.05. The van der Waals surface area contributed by atoms with Crippen molar-refractivity contribution >= 4 is 17.4 Å². The van der Waals surface area contributed by atoms with E-state index in [1.54, 1.807) is 0 Å². The summed E-state index contributed by atoms with van der Waals surface area (Å²) in [6, 6.07) is 0. The maximum Gasteiger partial charge on any atom is 0.173 e. The summed E-state index contributed by atoms with van der Waals surface area (Å²) in [5, 5.41) is 0. The molecule has 0 N–H and O–H groups in total. The van der Waals surface area contributed by atoms with Gasteiger partial charge in [-0.05, 0) is 19.3 Å². The fourth-order valence-corrected chi connectivity index (χ4v) is 1.90. The van der Waals surface area contributed by atoms with Gasteiger partial charge in [0.1, 0.15) is 6.61 Å². The first-order valence-corrected chi connectivity index (χ1v) is 8.18. The summed E-state index contributed by atoms with van der Waals surface area (Å²) in [5.74, 6) is -0.0613. The molecule has 0 fully saturated rings. The summed E-state index contributed by atoms with van der Waals surface area (Å²) in [6.07, 6.45) is 12.0. The van der Waals surface area contributed by atoms with E-state index in [-0.39, 0.29) is 18.3 Å². The quantitative estimate of drug-likeness (QED) is 0.244. The van der Waals surface area contributed by atoms with Gasteiger partial charge in [0.2, 0.25) is 0 Å². The van der Waals surface area contributed by atoms with Crippen LogP contribution < -0.4 is 0 Å². The van der Waals surface area contributed by atoms with Gasteiger partial charge in [-0.25, -0.2) is 0 Å². The number of ketones is 1. The summed E-state index contributed by atoms with van der Waals surface area (Å²) in [4.78, 5) is 10.8. The highest BCUT2D eigenvalue weighted by Gasteiger charge is 1.98. The Labute approximate surface area is 128 Å². The minimum Gasteiger partial charge on any atom is -0.379 e. The molecule has 20 heavy (non-hydrogen) atoms. The predicted octanol–water partition coefficient (Wildman–Crippen LogP) is 4.13. The SMILES string of the molecule is C=CCCCCCCCCCOCCOCC(=O)CCl. The number of ether oxygens (including phenoxy) is 2. The van der Waals surface area contributed by atoms with Gasteiger partial charge in [-0.15, -0.1) is 18.2 Å². The van der Waals surface area contributed by atoms with E-state index < -0.39 is 0 Å². The zero-order chi connectivity index (χ0) is 14.9. The normalized spacial score (nSPS) is 10.7. The molecule has 4 heteroatoms. The molecule has 0 saturated heterocycles. The summed E-state index contributed by atoms with van der Waals surface area (Å²) >= 11 is 5.35. The van der Waals surface area contributed by atoms with Crippen LogP contribution in [0.2, 0.25) is 0 Å². The van der Waals surface area contributed by atoms with Gasteiger partial charge < -0.3 is 9.47 Å². The summed E-state index contributed by atoms with van der Waals surface area (Å²) in [6.45, 7) is 5.62. The highest BCUT2D eigenvalue weighted by Crippen LogP contribution is 2.08. The third-order valence-corrected chi connectivity index (χ3v) is 3.28. The van der Waals surface area contributed by atoms with Crippen molar-refractivity contribution in [3.8, 4) is 0 Å². The fraction of sp³-hybridized carbons (Fsp3) is 0.812. The van der Waals surface area contributed by atoms with E-state index in [9.17, 15) is 4.79 Å². The second-order valence-electron chi connectivity index (χ2n) is 4.89. The molecule has 0 aliphatic heterocycles. The number of allylic oxidation sites excluding steroid dienone is 1. The number of Topliss-reactive ketones (excluding diaryl/α,β-unsaturated/α-hetero) is 1. The lowest BCUT2D eigenvalue weighted by Crippen LogP contribution is -2.13. The van der Waals surface area contributed by atoms with Crippen LogP contribution in [0.25, 0.3) is 0 Å².